The summed E-state index contributed by atoms with van der Waals surface area (Å²) in [5, 5.41) is 0. The first-order chi connectivity index (χ1) is 10.2. The molecule has 2 atom stereocenters. The van der Waals surface area contributed by atoms with Gasteiger partial charge in [0.15, 0.2) is 0 Å². The standard InChI is InChI=1S/C16H30N4O2.2ClH/c1-15(2,14(17)22)20-10-8-19(9-11-20)13(21)12-6-4-5-7-16(12,3)18;;/h12H,4-11,18H2,1-3H3,(H2,17,22);2*1H. The maximum atomic E-state index is 12.8. The minimum atomic E-state index is -0.664. The Labute approximate surface area is 157 Å². The highest BCUT2D eigenvalue weighted by molar-refractivity contribution is 5.85. The minimum Gasteiger partial charge on any atom is -0.368 e. The summed E-state index contributed by atoms with van der Waals surface area (Å²) in [7, 11) is 0. The SMILES string of the molecule is CC1(N)CCCCC1C(=O)N1CCN(C(C)(C)C(N)=O)CC1.Cl.Cl. The molecular formula is C16H32Cl2N4O2. The Morgan fingerprint density at radius 1 is 1.08 bits per heavy atom. The van der Waals surface area contributed by atoms with Gasteiger partial charge in [-0.05, 0) is 33.6 Å². The number of nitrogens with zero attached hydrogens (tertiary/aromatic N) is 2. The van der Waals surface area contributed by atoms with Gasteiger partial charge < -0.3 is 16.4 Å². The van der Waals surface area contributed by atoms with Crippen LogP contribution < -0.4 is 11.5 Å². The van der Waals surface area contributed by atoms with E-state index in [-0.39, 0.29) is 48.1 Å². The molecule has 2 rings (SSSR count). The zero-order valence-corrected chi connectivity index (χ0v) is 16.5. The molecule has 24 heavy (non-hydrogen) atoms. The number of carbonyl (C=O) groups is 2. The van der Waals surface area contributed by atoms with Crippen LogP contribution in [0.25, 0.3) is 0 Å². The molecule has 0 radical (unpaired) electrons. The summed E-state index contributed by atoms with van der Waals surface area (Å²) in [6.45, 7) is 8.31. The average Bonchev–Trinajstić information content (AvgIpc) is 2.46. The number of carbonyl (C=O) groups excluding carboxylic acids is 2. The summed E-state index contributed by atoms with van der Waals surface area (Å²) in [6, 6.07) is 0. The molecule has 2 amide bonds. The van der Waals surface area contributed by atoms with Gasteiger partial charge in [-0.25, -0.2) is 0 Å². The number of halogens is 2. The fraction of sp³-hybridized carbons (Fsp3) is 0.875. The second kappa shape index (κ2) is 8.70. The lowest BCUT2D eigenvalue weighted by molar-refractivity contribution is -0.142. The molecule has 2 fully saturated rings. The topological polar surface area (TPSA) is 92.7 Å². The van der Waals surface area contributed by atoms with Gasteiger partial charge in [0.1, 0.15) is 0 Å². The van der Waals surface area contributed by atoms with Crippen LogP contribution in [-0.2, 0) is 9.59 Å². The van der Waals surface area contributed by atoms with Crippen molar-refractivity contribution in [1.29, 1.82) is 0 Å². The summed E-state index contributed by atoms with van der Waals surface area (Å²) < 4.78 is 0. The molecular weight excluding hydrogens is 351 g/mol. The first kappa shape index (κ1) is 23.4. The van der Waals surface area contributed by atoms with E-state index in [1.54, 1.807) is 0 Å². The fourth-order valence-corrected chi connectivity index (χ4v) is 3.63. The largest absolute Gasteiger partial charge is 0.368 e. The molecule has 6 nitrogen and oxygen atoms in total. The van der Waals surface area contributed by atoms with Crippen LogP contribution in [0.5, 0.6) is 0 Å². The Morgan fingerprint density at radius 2 is 1.62 bits per heavy atom. The van der Waals surface area contributed by atoms with Crippen molar-refractivity contribution < 1.29 is 9.59 Å². The molecule has 142 valence electrons. The summed E-state index contributed by atoms with van der Waals surface area (Å²) in [6.07, 6.45) is 3.99. The lowest BCUT2D eigenvalue weighted by atomic mass is 9.74. The van der Waals surface area contributed by atoms with E-state index in [2.05, 4.69) is 4.90 Å². The molecule has 0 spiro atoms. The number of hydrogen-bond acceptors (Lipinski definition) is 4. The molecule has 0 aromatic rings. The van der Waals surface area contributed by atoms with Crippen LogP contribution in [0.2, 0.25) is 0 Å². The van der Waals surface area contributed by atoms with Crippen molar-refractivity contribution in [3.63, 3.8) is 0 Å². The van der Waals surface area contributed by atoms with E-state index >= 15 is 0 Å². The molecule has 1 saturated carbocycles. The Balaban J connectivity index is 0.00000264. The molecule has 4 N–H and O–H groups in total. The highest BCUT2D eigenvalue weighted by atomic mass is 35.5. The van der Waals surface area contributed by atoms with E-state index in [0.717, 1.165) is 25.7 Å². The molecule has 0 aromatic carbocycles. The van der Waals surface area contributed by atoms with Crippen LogP contribution in [0.15, 0.2) is 0 Å². The van der Waals surface area contributed by atoms with Crippen LogP contribution in [0.1, 0.15) is 46.5 Å². The smallest absolute Gasteiger partial charge is 0.237 e. The lowest BCUT2D eigenvalue weighted by Gasteiger charge is -2.45. The molecule has 0 bridgehead atoms. The third-order valence-corrected chi connectivity index (χ3v) is 5.54. The Kier molecular flexibility index (Phi) is 8.49. The predicted octanol–water partition coefficient (Wildman–Crippen LogP) is 1.15. The van der Waals surface area contributed by atoms with Crippen molar-refractivity contribution in [3.8, 4) is 0 Å². The van der Waals surface area contributed by atoms with Crippen molar-refractivity contribution in [2.75, 3.05) is 26.2 Å². The zero-order valence-electron chi connectivity index (χ0n) is 14.9. The van der Waals surface area contributed by atoms with Gasteiger partial charge in [0, 0.05) is 31.7 Å². The van der Waals surface area contributed by atoms with Crippen molar-refractivity contribution in [3.05, 3.63) is 0 Å². The lowest BCUT2D eigenvalue weighted by Crippen LogP contribution is -2.62. The number of hydrogen-bond donors (Lipinski definition) is 2. The third-order valence-electron chi connectivity index (χ3n) is 5.54. The zero-order chi connectivity index (χ0) is 16.5. The summed E-state index contributed by atoms with van der Waals surface area (Å²) in [4.78, 5) is 28.3. The third kappa shape index (κ3) is 4.75. The van der Waals surface area contributed by atoms with Gasteiger partial charge in [-0.1, -0.05) is 12.8 Å². The van der Waals surface area contributed by atoms with Crippen LogP contribution in [0.3, 0.4) is 0 Å². The summed E-state index contributed by atoms with van der Waals surface area (Å²) >= 11 is 0. The Bertz CT molecular complexity index is 449. The van der Waals surface area contributed by atoms with Gasteiger partial charge in [0.25, 0.3) is 0 Å². The van der Waals surface area contributed by atoms with Gasteiger partial charge in [-0.2, -0.15) is 0 Å². The van der Waals surface area contributed by atoms with Crippen molar-refractivity contribution in [2.24, 2.45) is 17.4 Å². The number of primary amides is 1. The van der Waals surface area contributed by atoms with E-state index in [9.17, 15) is 9.59 Å². The van der Waals surface area contributed by atoms with E-state index in [1.165, 1.54) is 0 Å². The van der Waals surface area contributed by atoms with E-state index in [1.807, 2.05) is 25.7 Å². The normalized spacial score (nSPS) is 28.5. The number of nitrogens with two attached hydrogens (primary N) is 2. The fourth-order valence-electron chi connectivity index (χ4n) is 3.63. The molecule has 1 aliphatic heterocycles. The Hall–Kier alpha value is -0.560. The molecule has 0 aromatic heterocycles. The van der Waals surface area contributed by atoms with Crippen LogP contribution in [0, 0.1) is 5.92 Å². The van der Waals surface area contributed by atoms with Crippen molar-refractivity contribution >= 4 is 36.6 Å². The molecule has 2 aliphatic rings. The first-order valence-corrected chi connectivity index (χ1v) is 8.29. The number of piperazine rings is 1. The summed E-state index contributed by atoms with van der Waals surface area (Å²) in [5.41, 5.74) is 10.8. The van der Waals surface area contributed by atoms with Gasteiger partial charge in [-0.15, -0.1) is 24.8 Å². The molecule has 1 heterocycles. The van der Waals surface area contributed by atoms with E-state index in [0.29, 0.717) is 26.2 Å². The number of rotatable bonds is 3. The highest BCUT2D eigenvalue weighted by Crippen LogP contribution is 2.33. The second-order valence-corrected chi connectivity index (χ2v) is 7.54. The van der Waals surface area contributed by atoms with Crippen molar-refractivity contribution in [2.45, 2.75) is 57.5 Å². The van der Waals surface area contributed by atoms with E-state index in [4.69, 9.17) is 11.5 Å². The average molecular weight is 383 g/mol. The molecule has 1 aliphatic carbocycles. The van der Waals surface area contributed by atoms with Crippen LogP contribution in [-0.4, -0.2) is 58.9 Å². The van der Waals surface area contributed by atoms with Crippen LogP contribution in [0.4, 0.5) is 0 Å². The van der Waals surface area contributed by atoms with Gasteiger partial charge in [-0.3, -0.25) is 14.5 Å². The quantitative estimate of drug-likeness (QED) is 0.765. The second-order valence-electron chi connectivity index (χ2n) is 7.54. The Morgan fingerprint density at radius 3 is 2.08 bits per heavy atom. The number of amides is 2. The first-order valence-electron chi connectivity index (χ1n) is 8.29. The van der Waals surface area contributed by atoms with E-state index < -0.39 is 5.54 Å². The highest BCUT2D eigenvalue weighted by Gasteiger charge is 2.41. The monoisotopic (exact) mass is 382 g/mol. The molecule has 2 unspecified atom stereocenters. The maximum absolute atomic E-state index is 12.8. The maximum Gasteiger partial charge on any atom is 0.237 e. The van der Waals surface area contributed by atoms with Gasteiger partial charge >= 0.3 is 0 Å². The minimum absolute atomic E-state index is 0. The van der Waals surface area contributed by atoms with Crippen LogP contribution >= 0.6 is 24.8 Å². The predicted molar refractivity (Wildman–Crippen MR) is 100 cm³/mol. The summed E-state index contributed by atoms with van der Waals surface area (Å²) in [5.74, 6) is -0.215. The molecule has 1 saturated heterocycles. The van der Waals surface area contributed by atoms with Crippen molar-refractivity contribution in [1.82, 2.24) is 9.80 Å². The van der Waals surface area contributed by atoms with Gasteiger partial charge in [0.05, 0.1) is 11.5 Å². The van der Waals surface area contributed by atoms with Gasteiger partial charge in [0.2, 0.25) is 11.8 Å². The molecule has 8 heteroatoms.